The maximum atomic E-state index is 13.8. The molecule has 2 aromatic carbocycles. The highest BCUT2D eigenvalue weighted by molar-refractivity contribution is 5.38. The van der Waals surface area contributed by atoms with E-state index in [9.17, 15) is 8.78 Å². The Bertz CT molecular complexity index is 572. The summed E-state index contributed by atoms with van der Waals surface area (Å²) in [6.07, 6.45) is 0.342. The molecule has 0 saturated carbocycles. The molecule has 0 fully saturated rings. The number of halogens is 2. The van der Waals surface area contributed by atoms with Crippen LogP contribution < -0.4 is 10.5 Å². The minimum atomic E-state index is -0.585. The number of benzene rings is 2. The van der Waals surface area contributed by atoms with Crippen molar-refractivity contribution in [2.45, 2.75) is 12.5 Å². The van der Waals surface area contributed by atoms with Crippen molar-refractivity contribution >= 4 is 0 Å². The van der Waals surface area contributed by atoms with Crippen molar-refractivity contribution in [1.29, 1.82) is 0 Å². The molecule has 0 aliphatic rings. The largest absolute Gasteiger partial charge is 0.496 e. The van der Waals surface area contributed by atoms with Gasteiger partial charge in [-0.1, -0.05) is 18.2 Å². The summed E-state index contributed by atoms with van der Waals surface area (Å²) in [5.41, 5.74) is 7.05. The predicted molar refractivity (Wildman–Crippen MR) is 70.0 cm³/mol. The summed E-state index contributed by atoms with van der Waals surface area (Å²) in [6, 6.07) is 10.1. The van der Waals surface area contributed by atoms with Gasteiger partial charge in [0.15, 0.2) is 0 Å². The first-order valence-corrected chi connectivity index (χ1v) is 5.94. The fourth-order valence-electron chi connectivity index (χ4n) is 2.08. The van der Waals surface area contributed by atoms with Crippen molar-refractivity contribution in [2.24, 2.45) is 5.73 Å². The lowest BCUT2D eigenvalue weighted by molar-refractivity contribution is 0.399. The van der Waals surface area contributed by atoms with E-state index < -0.39 is 11.9 Å². The Hall–Kier alpha value is -1.94. The molecule has 1 unspecified atom stereocenters. The second-order valence-corrected chi connectivity index (χ2v) is 4.30. The number of hydrogen-bond donors (Lipinski definition) is 1. The Balaban J connectivity index is 2.27. The smallest absolute Gasteiger partial charge is 0.131 e. The van der Waals surface area contributed by atoms with Crippen molar-refractivity contribution in [3.8, 4) is 5.75 Å². The van der Waals surface area contributed by atoms with Crippen molar-refractivity contribution in [3.05, 3.63) is 65.2 Å². The highest BCUT2D eigenvalue weighted by Gasteiger charge is 2.17. The molecule has 0 aliphatic carbocycles. The number of ether oxygens (including phenoxy) is 1. The Morgan fingerprint density at radius 3 is 2.58 bits per heavy atom. The van der Waals surface area contributed by atoms with Gasteiger partial charge in [0, 0.05) is 11.6 Å². The quantitative estimate of drug-likeness (QED) is 0.919. The van der Waals surface area contributed by atoms with E-state index in [1.165, 1.54) is 25.3 Å². The summed E-state index contributed by atoms with van der Waals surface area (Å²) in [5, 5.41) is 0. The Kier molecular flexibility index (Phi) is 4.12. The zero-order chi connectivity index (χ0) is 13.8. The van der Waals surface area contributed by atoms with Crippen LogP contribution in [0, 0.1) is 11.6 Å². The Labute approximate surface area is 110 Å². The highest BCUT2D eigenvalue weighted by atomic mass is 19.1. The van der Waals surface area contributed by atoms with Crippen LogP contribution in [-0.2, 0) is 6.42 Å². The van der Waals surface area contributed by atoms with Crippen LogP contribution >= 0.6 is 0 Å². The Morgan fingerprint density at radius 1 is 1.16 bits per heavy atom. The van der Waals surface area contributed by atoms with E-state index in [0.29, 0.717) is 17.7 Å². The zero-order valence-corrected chi connectivity index (χ0v) is 10.6. The van der Waals surface area contributed by atoms with Crippen LogP contribution in [0.1, 0.15) is 17.2 Å². The van der Waals surface area contributed by atoms with E-state index in [0.717, 1.165) is 5.56 Å². The SMILES string of the molecule is COc1cccc(F)c1C(N)Cc1cccc(F)c1. The van der Waals surface area contributed by atoms with E-state index in [1.54, 1.807) is 24.3 Å². The van der Waals surface area contributed by atoms with Gasteiger partial charge in [-0.25, -0.2) is 8.78 Å². The molecule has 0 aromatic heterocycles. The molecule has 2 nitrogen and oxygen atoms in total. The first kappa shape index (κ1) is 13.5. The zero-order valence-electron chi connectivity index (χ0n) is 10.6. The number of hydrogen-bond acceptors (Lipinski definition) is 2. The van der Waals surface area contributed by atoms with Crippen molar-refractivity contribution < 1.29 is 13.5 Å². The molecule has 2 rings (SSSR count). The third kappa shape index (κ3) is 3.09. The van der Waals surface area contributed by atoms with Gasteiger partial charge in [0.05, 0.1) is 7.11 Å². The van der Waals surface area contributed by atoms with Crippen LogP contribution in [0.3, 0.4) is 0 Å². The number of rotatable bonds is 4. The normalized spacial score (nSPS) is 12.2. The summed E-state index contributed by atoms with van der Waals surface area (Å²) in [7, 11) is 1.47. The number of nitrogens with two attached hydrogens (primary N) is 1. The van der Waals surface area contributed by atoms with Crippen LogP contribution in [-0.4, -0.2) is 7.11 Å². The second-order valence-electron chi connectivity index (χ2n) is 4.30. The average molecular weight is 263 g/mol. The lowest BCUT2D eigenvalue weighted by Gasteiger charge is -2.16. The van der Waals surface area contributed by atoms with E-state index in [4.69, 9.17) is 10.5 Å². The maximum Gasteiger partial charge on any atom is 0.131 e. The van der Waals surface area contributed by atoms with Crippen molar-refractivity contribution in [3.63, 3.8) is 0 Å². The van der Waals surface area contributed by atoms with Gasteiger partial charge in [-0.2, -0.15) is 0 Å². The second kappa shape index (κ2) is 5.80. The lowest BCUT2D eigenvalue weighted by Crippen LogP contribution is -2.16. The van der Waals surface area contributed by atoms with Gasteiger partial charge in [0.25, 0.3) is 0 Å². The lowest BCUT2D eigenvalue weighted by atomic mass is 9.98. The van der Waals surface area contributed by atoms with Gasteiger partial charge in [0.2, 0.25) is 0 Å². The third-order valence-corrected chi connectivity index (χ3v) is 2.95. The molecule has 0 saturated heterocycles. The summed E-state index contributed by atoms with van der Waals surface area (Å²) in [6.45, 7) is 0. The summed E-state index contributed by atoms with van der Waals surface area (Å²) < 4.78 is 32.1. The minimum absolute atomic E-state index is 0.314. The first-order chi connectivity index (χ1) is 9.11. The van der Waals surface area contributed by atoms with Crippen LogP contribution in [0.4, 0.5) is 8.78 Å². The van der Waals surface area contributed by atoms with Gasteiger partial charge < -0.3 is 10.5 Å². The first-order valence-electron chi connectivity index (χ1n) is 5.94. The summed E-state index contributed by atoms with van der Waals surface area (Å²) >= 11 is 0. The van der Waals surface area contributed by atoms with Gasteiger partial charge in [-0.3, -0.25) is 0 Å². The number of methoxy groups -OCH3 is 1. The fraction of sp³-hybridized carbons (Fsp3) is 0.200. The fourth-order valence-corrected chi connectivity index (χ4v) is 2.08. The van der Waals surface area contributed by atoms with E-state index in [1.807, 2.05) is 0 Å². The molecule has 0 heterocycles. The van der Waals surface area contributed by atoms with Crippen LogP contribution in [0.25, 0.3) is 0 Å². The van der Waals surface area contributed by atoms with E-state index in [2.05, 4.69) is 0 Å². The molecular weight excluding hydrogens is 248 g/mol. The molecule has 0 radical (unpaired) electrons. The van der Waals surface area contributed by atoms with Crippen LogP contribution in [0.15, 0.2) is 42.5 Å². The summed E-state index contributed by atoms with van der Waals surface area (Å²) in [5.74, 6) is -0.336. The molecule has 2 N–H and O–H groups in total. The molecule has 100 valence electrons. The molecular formula is C15H15F2NO. The molecule has 19 heavy (non-hydrogen) atoms. The predicted octanol–water partition coefficient (Wildman–Crippen LogP) is 3.22. The Morgan fingerprint density at radius 2 is 1.89 bits per heavy atom. The summed E-state index contributed by atoms with van der Waals surface area (Å²) in [4.78, 5) is 0. The molecule has 0 aliphatic heterocycles. The minimum Gasteiger partial charge on any atom is -0.496 e. The van der Waals surface area contributed by atoms with Crippen LogP contribution in [0.5, 0.6) is 5.75 Å². The average Bonchev–Trinajstić information content (AvgIpc) is 2.38. The molecule has 0 spiro atoms. The topological polar surface area (TPSA) is 35.2 Å². The standard InChI is InChI=1S/C15H15F2NO/c1-19-14-7-3-6-12(17)15(14)13(18)9-10-4-2-5-11(16)8-10/h2-8,13H,9,18H2,1H3. The third-order valence-electron chi connectivity index (χ3n) is 2.95. The maximum absolute atomic E-state index is 13.8. The van der Waals surface area contributed by atoms with E-state index >= 15 is 0 Å². The monoisotopic (exact) mass is 263 g/mol. The molecule has 0 amide bonds. The highest BCUT2D eigenvalue weighted by Crippen LogP contribution is 2.28. The molecule has 2 aromatic rings. The van der Waals surface area contributed by atoms with E-state index in [-0.39, 0.29) is 5.82 Å². The van der Waals surface area contributed by atoms with Gasteiger partial charge in [0.1, 0.15) is 17.4 Å². The molecule has 0 bridgehead atoms. The molecule has 1 atom stereocenters. The van der Waals surface area contributed by atoms with Gasteiger partial charge in [-0.15, -0.1) is 0 Å². The van der Waals surface area contributed by atoms with Gasteiger partial charge in [-0.05, 0) is 36.2 Å². The van der Waals surface area contributed by atoms with Gasteiger partial charge >= 0.3 is 0 Å². The van der Waals surface area contributed by atoms with Crippen molar-refractivity contribution in [1.82, 2.24) is 0 Å². The molecule has 4 heteroatoms. The van der Waals surface area contributed by atoms with Crippen LogP contribution in [0.2, 0.25) is 0 Å². The van der Waals surface area contributed by atoms with Crippen molar-refractivity contribution in [2.75, 3.05) is 7.11 Å².